The molecule has 0 N–H and O–H groups in total. The number of allylic oxidation sites excluding steroid dienone is 16. The van der Waals surface area contributed by atoms with E-state index < -0.39 is 6.10 Å². The van der Waals surface area contributed by atoms with Gasteiger partial charge < -0.3 is 14.2 Å². The van der Waals surface area contributed by atoms with Gasteiger partial charge in [0.05, 0.1) is 6.61 Å². The highest BCUT2D eigenvalue weighted by Crippen LogP contribution is 2.13. The number of carbonyl (C=O) groups is 2. The molecule has 0 aliphatic rings. The molecule has 5 nitrogen and oxygen atoms in total. The third kappa shape index (κ3) is 51.5. The van der Waals surface area contributed by atoms with Crippen molar-refractivity contribution in [2.24, 2.45) is 0 Å². The monoisotopic (exact) mass is 889 g/mol. The highest BCUT2D eigenvalue weighted by molar-refractivity contribution is 5.70. The van der Waals surface area contributed by atoms with Crippen LogP contribution in [0.15, 0.2) is 97.2 Å². The molecule has 0 amide bonds. The molecule has 1 unspecified atom stereocenters. The molecule has 0 fully saturated rings. The number of unbranched alkanes of at least 4 members (excludes halogenated alkanes) is 21. The van der Waals surface area contributed by atoms with E-state index in [2.05, 4.69) is 118 Å². The van der Waals surface area contributed by atoms with Gasteiger partial charge in [-0.2, -0.15) is 0 Å². The molecule has 5 heteroatoms. The Hall–Kier alpha value is -3.18. The van der Waals surface area contributed by atoms with Crippen molar-refractivity contribution < 1.29 is 23.8 Å². The lowest BCUT2D eigenvalue weighted by Crippen LogP contribution is -2.30. The molecule has 1 atom stereocenters. The molecule has 0 heterocycles. The van der Waals surface area contributed by atoms with Crippen molar-refractivity contribution in [1.82, 2.24) is 0 Å². The first kappa shape index (κ1) is 60.8. The third-order valence-electron chi connectivity index (χ3n) is 11.1. The number of ether oxygens (including phenoxy) is 3. The Labute approximate surface area is 396 Å². The summed E-state index contributed by atoms with van der Waals surface area (Å²) in [5.74, 6) is -0.463. The topological polar surface area (TPSA) is 61.8 Å². The molecular formula is C59H100O5. The number of carbonyl (C=O) groups excluding carboxylic acids is 2. The summed E-state index contributed by atoms with van der Waals surface area (Å²) < 4.78 is 17.4. The van der Waals surface area contributed by atoms with Crippen molar-refractivity contribution in [3.05, 3.63) is 97.2 Å². The fraction of sp³-hybridized carbons (Fsp3) is 0.695. The van der Waals surface area contributed by atoms with E-state index in [4.69, 9.17) is 14.2 Å². The average Bonchev–Trinajstić information content (AvgIpc) is 3.30. The smallest absolute Gasteiger partial charge is 0.306 e. The Balaban J connectivity index is 4.35. The van der Waals surface area contributed by atoms with E-state index in [1.165, 1.54) is 109 Å². The lowest BCUT2D eigenvalue weighted by atomic mass is 10.1. The van der Waals surface area contributed by atoms with E-state index in [9.17, 15) is 9.59 Å². The van der Waals surface area contributed by atoms with Gasteiger partial charge in [0.15, 0.2) is 6.10 Å². The molecule has 0 bridgehead atoms. The number of hydrogen-bond acceptors (Lipinski definition) is 5. The molecule has 0 saturated carbocycles. The summed E-state index contributed by atoms with van der Waals surface area (Å²) >= 11 is 0. The molecule has 0 aliphatic heterocycles. The van der Waals surface area contributed by atoms with Gasteiger partial charge in [0.1, 0.15) is 6.61 Å². The van der Waals surface area contributed by atoms with Crippen molar-refractivity contribution in [2.45, 2.75) is 245 Å². The summed E-state index contributed by atoms with van der Waals surface area (Å²) in [7, 11) is 0. The Morgan fingerprint density at radius 1 is 0.359 bits per heavy atom. The normalized spacial score (nSPS) is 13.0. The lowest BCUT2D eigenvalue weighted by Gasteiger charge is -2.18. The molecule has 366 valence electrons. The predicted octanol–water partition coefficient (Wildman–Crippen LogP) is 18.2. The van der Waals surface area contributed by atoms with E-state index in [0.29, 0.717) is 19.4 Å². The van der Waals surface area contributed by atoms with E-state index in [-0.39, 0.29) is 25.2 Å². The first-order chi connectivity index (χ1) is 31.6. The first-order valence-electron chi connectivity index (χ1n) is 26.8. The second-order valence-electron chi connectivity index (χ2n) is 17.4. The second-order valence-corrected chi connectivity index (χ2v) is 17.4. The van der Waals surface area contributed by atoms with Crippen LogP contribution >= 0.6 is 0 Å². The van der Waals surface area contributed by atoms with Crippen LogP contribution in [-0.4, -0.2) is 37.9 Å². The SMILES string of the molecule is CC/C=C\C/C=C\C/C=C\C/C=C\CCCCC(=O)OCC(COCCCCCCCCC/C=C\C/C=C\C/C=C\CCCCC)OC(=O)CCCCCCC/C=C\CCCCCC. The molecule has 0 aromatic carbocycles. The van der Waals surface area contributed by atoms with Crippen LogP contribution in [0.25, 0.3) is 0 Å². The highest BCUT2D eigenvalue weighted by Gasteiger charge is 2.17. The maximum atomic E-state index is 12.8. The zero-order valence-corrected chi connectivity index (χ0v) is 42.0. The van der Waals surface area contributed by atoms with E-state index in [1.807, 2.05) is 0 Å². The lowest BCUT2D eigenvalue weighted by molar-refractivity contribution is -0.163. The van der Waals surface area contributed by atoms with Crippen LogP contribution in [0.5, 0.6) is 0 Å². The van der Waals surface area contributed by atoms with E-state index in [1.54, 1.807) is 0 Å². The highest BCUT2D eigenvalue weighted by atomic mass is 16.6. The van der Waals surface area contributed by atoms with Gasteiger partial charge in [0.2, 0.25) is 0 Å². The van der Waals surface area contributed by atoms with E-state index in [0.717, 1.165) is 96.3 Å². The van der Waals surface area contributed by atoms with Gasteiger partial charge >= 0.3 is 11.9 Å². The van der Waals surface area contributed by atoms with Crippen molar-refractivity contribution in [3.8, 4) is 0 Å². The van der Waals surface area contributed by atoms with Crippen molar-refractivity contribution >= 4 is 11.9 Å². The molecule has 0 aliphatic carbocycles. The fourth-order valence-corrected chi connectivity index (χ4v) is 7.09. The largest absolute Gasteiger partial charge is 0.462 e. The molecule has 64 heavy (non-hydrogen) atoms. The summed E-state index contributed by atoms with van der Waals surface area (Å²) in [5, 5.41) is 0. The molecule has 0 spiro atoms. The first-order valence-corrected chi connectivity index (χ1v) is 26.8. The molecule has 0 aromatic heterocycles. The zero-order valence-electron chi connectivity index (χ0n) is 42.0. The Morgan fingerprint density at radius 3 is 1.20 bits per heavy atom. The summed E-state index contributed by atoms with van der Waals surface area (Å²) in [5.41, 5.74) is 0. The summed E-state index contributed by atoms with van der Waals surface area (Å²) in [6.45, 7) is 7.60. The fourth-order valence-electron chi connectivity index (χ4n) is 7.09. The van der Waals surface area contributed by atoms with Gasteiger partial charge in [0.25, 0.3) is 0 Å². The average molecular weight is 889 g/mol. The Kier molecular flexibility index (Phi) is 51.5. The Bertz CT molecular complexity index is 1230. The maximum Gasteiger partial charge on any atom is 0.306 e. The van der Waals surface area contributed by atoms with Crippen LogP contribution in [0.3, 0.4) is 0 Å². The van der Waals surface area contributed by atoms with Crippen LogP contribution < -0.4 is 0 Å². The van der Waals surface area contributed by atoms with Crippen LogP contribution in [0.1, 0.15) is 239 Å². The van der Waals surface area contributed by atoms with Crippen LogP contribution in [0.4, 0.5) is 0 Å². The van der Waals surface area contributed by atoms with Crippen LogP contribution in [-0.2, 0) is 23.8 Å². The van der Waals surface area contributed by atoms with Crippen molar-refractivity contribution in [3.63, 3.8) is 0 Å². The zero-order chi connectivity index (χ0) is 46.3. The van der Waals surface area contributed by atoms with Gasteiger partial charge in [0, 0.05) is 19.4 Å². The quantitative estimate of drug-likeness (QED) is 0.0346. The summed E-state index contributed by atoms with van der Waals surface area (Å²) in [6, 6.07) is 0. The summed E-state index contributed by atoms with van der Waals surface area (Å²) in [4.78, 5) is 25.4. The molecule has 0 saturated heterocycles. The molecular weight excluding hydrogens is 789 g/mol. The molecule has 0 aromatic rings. The maximum absolute atomic E-state index is 12.8. The minimum atomic E-state index is -0.568. The van der Waals surface area contributed by atoms with Crippen molar-refractivity contribution in [1.29, 1.82) is 0 Å². The summed E-state index contributed by atoms with van der Waals surface area (Å²) in [6.07, 6.45) is 72.8. The third-order valence-corrected chi connectivity index (χ3v) is 11.1. The second kappa shape index (κ2) is 54.2. The molecule has 0 radical (unpaired) electrons. The number of esters is 2. The number of rotatable bonds is 48. The van der Waals surface area contributed by atoms with Gasteiger partial charge in [-0.25, -0.2) is 0 Å². The standard InChI is InChI=1S/C59H100O5/c1-4-7-10-13-16-19-22-25-27-28-29-30-31-33-36-39-42-45-48-51-54-62-55-57(64-59(61)53-50-47-44-41-38-34-24-21-18-15-12-9-6-3)56-63-58(60)52-49-46-43-40-37-35-32-26-23-20-17-14-11-8-5-2/h8,11,16-17,19-21,24-27,29-30,32,37,40,57H,4-7,9-10,12-15,18,22-23,28,31,33-36,38-39,41-56H2,1-3H3/b11-8-,19-16-,20-17-,24-21-,27-25-,30-29-,32-26-,40-37-. The number of hydrogen-bond donors (Lipinski definition) is 0. The van der Waals surface area contributed by atoms with Crippen molar-refractivity contribution in [2.75, 3.05) is 19.8 Å². The van der Waals surface area contributed by atoms with Gasteiger partial charge in [-0.05, 0) is 122 Å². The van der Waals surface area contributed by atoms with Gasteiger partial charge in [-0.15, -0.1) is 0 Å². The predicted molar refractivity (Wildman–Crippen MR) is 279 cm³/mol. The van der Waals surface area contributed by atoms with Gasteiger partial charge in [-0.3, -0.25) is 9.59 Å². The van der Waals surface area contributed by atoms with E-state index >= 15 is 0 Å². The van der Waals surface area contributed by atoms with Crippen LogP contribution in [0, 0.1) is 0 Å². The van der Waals surface area contributed by atoms with Gasteiger partial charge in [-0.1, -0.05) is 201 Å². The minimum Gasteiger partial charge on any atom is -0.462 e. The van der Waals surface area contributed by atoms with Crippen LogP contribution in [0.2, 0.25) is 0 Å². The molecule has 0 rings (SSSR count). The minimum absolute atomic E-state index is 0.0519. The Morgan fingerprint density at radius 2 is 0.703 bits per heavy atom.